The second kappa shape index (κ2) is 13.2. The van der Waals surface area contributed by atoms with Gasteiger partial charge < -0.3 is 9.47 Å². The van der Waals surface area contributed by atoms with E-state index in [1.54, 1.807) is 74.4 Å². The molecule has 0 aliphatic rings. The zero-order chi connectivity index (χ0) is 29.5. The highest BCUT2D eigenvalue weighted by atomic mass is 35.5. The Kier molecular flexibility index (Phi) is 11.7. The summed E-state index contributed by atoms with van der Waals surface area (Å²) in [6, 6.07) is 3.20. The van der Waals surface area contributed by atoms with Crippen molar-refractivity contribution in [3.8, 4) is 0 Å². The lowest BCUT2D eigenvalue weighted by Crippen LogP contribution is -2.39. The number of halogens is 1. The van der Waals surface area contributed by atoms with Gasteiger partial charge in [-0.25, -0.2) is 18.9 Å². The third-order valence-corrected chi connectivity index (χ3v) is 6.19. The highest BCUT2D eigenvalue weighted by molar-refractivity contribution is 7.48. The van der Waals surface area contributed by atoms with Crippen LogP contribution in [0.4, 0.5) is 15.4 Å². The number of carbonyl (C=O) groups excluding carboxylic acids is 3. The maximum atomic E-state index is 13.2. The topological polar surface area (TPSA) is 134 Å². The van der Waals surface area contributed by atoms with E-state index >= 15 is 0 Å². The van der Waals surface area contributed by atoms with Crippen LogP contribution in [0.5, 0.6) is 0 Å². The highest BCUT2D eigenvalue weighted by Gasteiger charge is 2.38. The quantitative estimate of drug-likeness (QED) is 0.109. The standard InChI is InChI=1S/C24H39ClN3O9P/c1-22(2,3)35-18(29)15-28(14-17-12-11-13-26-19(17)27(10)20(25)30)21(31)33-16-34-38(32,36-23(4,5)6)37-24(7,8)9/h11-13H,14-16H2,1-10H3. The maximum Gasteiger partial charge on any atom is 0.478 e. The van der Waals surface area contributed by atoms with Crippen molar-refractivity contribution in [2.24, 2.45) is 0 Å². The molecule has 0 spiro atoms. The summed E-state index contributed by atoms with van der Waals surface area (Å²) in [7, 11) is -2.75. The van der Waals surface area contributed by atoms with Gasteiger partial charge in [-0.15, -0.1) is 0 Å². The Labute approximate surface area is 229 Å². The van der Waals surface area contributed by atoms with E-state index < -0.39 is 55.4 Å². The third-order valence-electron chi connectivity index (χ3n) is 3.97. The van der Waals surface area contributed by atoms with Gasteiger partial charge >= 0.3 is 25.3 Å². The van der Waals surface area contributed by atoms with Gasteiger partial charge in [-0.3, -0.25) is 28.4 Å². The fourth-order valence-corrected chi connectivity index (χ4v) is 4.58. The Morgan fingerprint density at radius 1 is 0.974 bits per heavy atom. The monoisotopic (exact) mass is 579 g/mol. The summed E-state index contributed by atoms with van der Waals surface area (Å²) >= 11 is 5.59. The van der Waals surface area contributed by atoms with Crippen LogP contribution in [0.2, 0.25) is 0 Å². The second-order valence-electron chi connectivity index (χ2n) is 11.3. The van der Waals surface area contributed by atoms with Crippen LogP contribution in [0.3, 0.4) is 0 Å². The molecule has 0 unspecified atom stereocenters. The molecule has 0 aliphatic carbocycles. The Hall–Kier alpha value is -2.24. The zero-order valence-electron chi connectivity index (χ0n) is 23.7. The first-order valence-electron chi connectivity index (χ1n) is 11.8. The van der Waals surface area contributed by atoms with Crippen molar-refractivity contribution in [2.75, 3.05) is 25.3 Å². The van der Waals surface area contributed by atoms with Crippen molar-refractivity contribution in [1.29, 1.82) is 0 Å². The molecule has 0 aliphatic heterocycles. The molecular formula is C24H39ClN3O9P. The van der Waals surface area contributed by atoms with Gasteiger partial charge in [0.15, 0.2) is 0 Å². The number of ether oxygens (including phenoxy) is 2. The largest absolute Gasteiger partial charge is 0.478 e. The summed E-state index contributed by atoms with van der Waals surface area (Å²) in [4.78, 5) is 43.5. The molecule has 0 aromatic carbocycles. The van der Waals surface area contributed by atoms with Crippen molar-refractivity contribution in [1.82, 2.24) is 9.88 Å². The van der Waals surface area contributed by atoms with Crippen molar-refractivity contribution in [2.45, 2.75) is 85.7 Å². The lowest BCUT2D eigenvalue weighted by Gasteiger charge is -2.31. The molecule has 0 N–H and O–H groups in total. The first-order chi connectivity index (χ1) is 17.1. The predicted molar refractivity (Wildman–Crippen MR) is 142 cm³/mol. The number of phosphoric acid groups is 1. The first-order valence-corrected chi connectivity index (χ1v) is 13.6. The third kappa shape index (κ3) is 13.0. The van der Waals surface area contributed by atoms with Crippen LogP contribution in [0, 0.1) is 0 Å². The van der Waals surface area contributed by atoms with E-state index in [4.69, 9.17) is 34.6 Å². The fraction of sp³-hybridized carbons (Fsp3) is 0.667. The van der Waals surface area contributed by atoms with Crippen LogP contribution in [0.25, 0.3) is 0 Å². The molecule has 2 amide bonds. The lowest BCUT2D eigenvalue weighted by molar-refractivity contribution is -0.156. The van der Waals surface area contributed by atoms with Gasteiger partial charge in [-0.05, 0) is 80.0 Å². The summed E-state index contributed by atoms with van der Waals surface area (Å²) in [5, 5.41) is -0.798. The summed E-state index contributed by atoms with van der Waals surface area (Å²) in [6.07, 6.45) is 0.449. The number of nitrogens with zero attached hydrogens (tertiary/aromatic N) is 3. The van der Waals surface area contributed by atoms with Crippen molar-refractivity contribution < 1.29 is 42.0 Å². The average molecular weight is 580 g/mol. The van der Waals surface area contributed by atoms with Gasteiger partial charge in [0, 0.05) is 18.8 Å². The van der Waals surface area contributed by atoms with Gasteiger partial charge in [0.1, 0.15) is 18.0 Å². The van der Waals surface area contributed by atoms with Crippen molar-refractivity contribution in [3.63, 3.8) is 0 Å². The maximum absolute atomic E-state index is 13.2. The molecule has 1 aromatic rings. The SMILES string of the molecule is CN(C(=O)Cl)c1ncccc1CN(CC(=O)OC(C)(C)C)C(=O)OCOP(=O)(OC(C)(C)C)OC(C)(C)C. The Morgan fingerprint density at radius 3 is 2.00 bits per heavy atom. The predicted octanol–water partition coefficient (Wildman–Crippen LogP) is 5.87. The molecule has 0 fully saturated rings. The van der Waals surface area contributed by atoms with Crippen LogP contribution in [0.15, 0.2) is 18.3 Å². The van der Waals surface area contributed by atoms with Crippen LogP contribution in [-0.2, 0) is 38.9 Å². The van der Waals surface area contributed by atoms with E-state index in [9.17, 15) is 18.9 Å². The van der Waals surface area contributed by atoms with Crippen LogP contribution in [0.1, 0.15) is 67.9 Å². The molecule has 12 nitrogen and oxygen atoms in total. The van der Waals surface area contributed by atoms with Gasteiger partial charge in [-0.2, -0.15) is 0 Å². The van der Waals surface area contributed by atoms with Gasteiger partial charge in [-0.1, -0.05) is 6.07 Å². The van der Waals surface area contributed by atoms with E-state index in [0.717, 1.165) is 9.80 Å². The number of aromatic nitrogens is 1. The fourth-order valence-electron chi connectivity index (χ4n) is 2.83. The minimum Gasteiger partial charge on any atom is -0.459 e. The first kappa shape index (κ1) is 33.8. The molecule has 1 aromatic heterocycles. The number of rotatable bonds is 10. The van der Waals surface area contributed by atoms with Crippen molar-refractivity contribution >= 4 is 42.7 Å². The molecule has 1 heterocycles. The Bertz CT molecular complexity index is 1010. The number of pyridine rings is 1. The molecule has 0 saturated carbocycles. The number of amides is 2. The lowest BCUT2D eigenvalue weighted by atomic mass is 10.2. The number of carbonyl (C=O) groups is 3. The van der Waals surface area contributed by atoms with Gasteiger partial charge in [0.25, 0.3) is 0 Å². The molecule has 216 valence electrons. The smallest absolute Gasteiger partial charge is 0.459 e. The molecule has 0 saturated heterocycles. The number of esters is 1. The molecular weight excluding hydrogens is 541 g/mol. The minimum absolute atomic E-state index is 0.174. The summed E-state index contributed by atoms with van der Waals surface area (Å²) in [6.45, 7) is 13.5. The number of hydrogen-bond acceptors (Lipinski definition) is 10. The van der Waals surface area contributed by atoms with Gasteiger partial charge in [0.2, 0.25) is 6.79 Å². The average Bonchev–Trinajstić information content (AvgIpc) is 2.68. The van der Waals surface area contributed by atoms with Crippen LogP contribution < -0.4 is 4.90 Å². The van der Waals surface area contributed by atoms with Gasteiger partial charge in [0.05, 0.1) is 17.7 Å². The van der Waals surface area contributed by atoms with Crippen LogP contribution >= 0.6 is 19.4 Å². The molecule has 0 atom stereocenters. The number of phosphoric ester groups is 1. The van der Waals surface area contributed by atoms with E-state index in [-0.39, 0.29) is 12.4 Å². The molecule has 0 bridgehead atoms. The minimum atomic E-state index is -4.16. The Morgan fingerprint density at radius 2 is 1.53 bits per heavy atom. The molecule has 1 rings (SSSR count). The molecule has 14 heteroatoms. The zero-order valence-corrected chi connectivity index (χ0v) is 25.3. The highest BCUT2D eigenvalue weighted by Crippen LogP contribution is 2.55. The summed E-state index contributed by atoms with van der Waals surface area (Å²) < 4.78 is 40.0. The van der Waals surface area contributed by atoms with E-state index in [1.807, 2.05) is 0 Å². The van der Waals surface area contributed by atoms with E-state index in [2.05, 4.69) is 4.98 Å². The summed E-state index contributed by atoms with van der Waals surface area (Å²) in [5.74, 6) is -0.534. The van der Waals surface area contributed by atoms with E-state index in [1.165, 1.54) is 13.2 Å². The normalized spacial score (nSPS) is 12.6. The number of anilines is 1. The summed E-state index contributed by atoms with van der Waals surface area (Å²) in [5.41, 5.74) is -2.20. The molecule has 38 heavy (non-hydrogen) atoms. The molecule has 0 radical (unpaired) electrons. The number of hydrogen-bond donors (Lipinski definition) is 0. The van der Waals surface area contributed by atoms with Crippen molar-refractivity contribution in [3.05, 3.63) is 23.9 Å². The van der Waals surface area contributed by atoms with Crippen LogP contribution in [-0.4, -0.2) is 64.5 Å². The Balaban J connectivity index is 3.15. The second-order valence-corrected chi connectivity index (χ2v) is 13.1. The van der Waals surface area contributed by atoms with E-state index in [0.29, 0.717) is 5.56 Å².